The normalized spacial score (nSPS) is 10.5. The van der Waals surface area contributed by atoms with Crippen molar-refractivity contribution in [3.05, 3.63) is 28.2 Å². The fourth-order valence-corrected chi connectivity index (χ4v) is 1.89. The van der Waals surface area contributed by atoms with Crippen molar-refractivity contribution in [3.63, 3.8) is 0 Å². The third kappa shape index (κ3) is 2.26. The zero-order chi connectivity index (χ0) is 14.2. The van der Waals surface area contributed by atoms with E-state index in [1.807, 2.05) is 0 Å². The number of carboxylic acid groups (broad SMARTS) is 1. The summed E-state index contributed by atoms with van der Waals surface area (Å²) < 4.78 is 23.0. The fourth-order valence-electron chi connectivity index (χ4n) is 1.48. The quantitative estimate of drug-likeness (QED) is 0.898. The third-order valence-corrected chi connectivity index (χ3v) is 2.93. The molecule has 2 rings (SSSR count). The van der Waals surface area contributed by atoms with E-state index in [0.29, 0.717) is 0 Å². The van der Waals surface area contributed by atoms with Gasteiger partial charge in [-0.3, -0.25) is 0 Å². The maximum Gasteiger partial charge on any atom is 0.374 e. The van der Waals surface area contributed by atoms with E-state index >= 15 is 0 Å². The molecule has 2 N–H and O–H groups in total. The lowest BCUT2D eigenvalue weighted by Gasteiger charge is -2.09. The summed E-state index contributed by atoms with van der Waals surface area (Å²) in [4.78, 5) is 10.7. The standard InChI is InChI=1S/C11H7BrFNO5/c1-18-10-8(13)5(12)2-4(9(10)15)6-3-7(11(16)17)19-14-6/h2-3,15H,1H3,(H,16,17). The summed E-state index contributed by atoms with van der Waals surface area (Å²) in [7, 11) is 1.19. The second-order valence-electron chi connectivity index (χ2n) is 3.48. The van der Waals surface area contributed by atoms with Crippen LogP contribution in [0.15, 0.2) is 21.1 Å². The lowest BCUT2D eigenvalue weighted by atomic mass is 10.1. The van der Waals surface area contributed by atoms with Crippen molar-refractivity contribution < 1.29 is 28.7 Å². The molecule has 0 amide bonds. The van der Waals surface area contributed by atoms with E-state index in [2.05, 4.69) is 25.6 Å². The predicted octanol–water partition coefficient (Wildman–Crippen LogP) is 2.66. The Kier molecular flexibility index (Phi) is 3.43. The lowest BCUT2D eigenvalue weighted by molar-refractivity contribution is 0.0652. The van der Waals surface area contributed by atoms with Crippen molar-refractivity contribution in [1.29, 1.82) is 0 Å². The molecule has 2 aromatic rings. The van der Waals surface area contributed by atoms with Crippen LogP contribution in [-0.2, 0) is 0 Å². The van der Waals surface area contributed by atoms with E-state index in [4.69, 9.17) is 9.84 Å². The molecule has 0 fully saturated rings. The average Bonchev–Trinajstić information content (AvgIpc) is 2.84. The van der Waals surface area contributed by atoms with Gasteiger partial charge in [-0.2, -0.15) is 0 Å². The Bertz CT molecular complexity index is 655. The molecule has 0 saturated carbocycles. The van der Waals surface area contributed by atoms with Gasteiger partial charge >= 0.3 is 5.97 Å². The van der Waals surface area contributed by atoms with Gasteiger partial charge in [0.15, 0.2) is 17.3 Å². The first-order valence-corrected chi connectivity index (χ1v) is 5.70. The van der Waals surface area contributed by atoms with Gasteiger partial charge in [0, 0.05) is 6.07 Å². The number of aromatic carboxylic acids is 1. The van der Waals surface area contributed by atoms with Crippen LogP contribution in [0.25, 0.3) is 11.3 Å². The van der Waals surface area contributed by atoms with Crippen LogP contribution in [0.5, 0.6) is 11.5 Å². The summed E-state index contributed by atoms with van der Waals surface area (Å²) in [5, 5.41) is 22.1. The maximum atomic E-state index is 13.6. The lowest BCUT2D eigenvalue weighted by Crippen LogP contribution is -1.93. The Balaban J connectivity index is 2.61. The summed E-state index contributed by atoms with van der Waals surface area (Å²) in [5.41, 5.74) is 0.135. The fraction of sp³-hybridized carbons (Fsp3) is 0.0909. The van der Waals surface area contributed by atoms with Crippen molar-refractivity contribution >= 4 is 21.9 Å². The molecule has 0 aliphatic carbocycles. The summed E-state index contributed by atoms with van der Waals surface area (Å²) in [5.74, 6) is -3.33. The first-order chi connectivity index (χ1) is 8.95. The molecular formula is C11H7BrFNO5. The smallest absolute Gasteiger partial charge is 0.374 e. The predicted molar refractivity (Wildman–Crippen MR) is 64.8 cm³/mol. The number of rotatable bonds is 3. The zero-order valence-electron chi connectivity index (χ0n) is 9.48. The third-order valence-electron chi connectivity index (χ3n) is 2.35. The highest BCUT2D eigenvalue weighted by molar-refractivity contribution is 9.10. The number of benzene rings is 1. The number of aromatic hydroxyl groups is 1. The van der Waals surface area contributed by atoms with E-state index in [1.54, 1.807) is 0 Å². The average molecular weight is 332 g/mol. The van der Waals surface area contributed by atoms with Crippen LogP contribution in [0.2, 0.25) is 0 Å². The number of nitrogens with zero attached hydrogens (tertiary/aromatic N) is 1. The summed E-state index contributed by atoms with van der Waals surface area (Å²) >= 11 is 2.96. The van der Waals surface area contributed by atoms with E-state index in [0.717, 1.165) is 6.07 Å². The minimum absolute atomic E-state index is 0.0389. The number of methoxy groups -OCH3 is 1. The number of aromatic nitrogens is 1. The first-order valence-electron chi connectivity index (χ1n) is 4.91. The first kappa shape index (κ1) is 13.3. The Hall–Kier alpha value is -2.09. The van der Waals surface area contributed by atoms with Gasteiger partial charge in [-0.25, -0.2) is 9.18 Å². The number of ether oxygens (including phenoxy) is 1. The Morgan fingerprint density at radius 2 is 2.21 bits per heavy atom. The van der Waals surface area contributed by atoms with Crippen molar-refractivity contribution in [2.24, 2.45) is 0 Å². The highest BCUT2D eigenvalue weighted by Gasteiger charge is 2.22. The van der Waals surface area contributed by atoms with Crippen molar-refractivity contribution in [1.82, 2.24) is 5.16 Å². The van der Waals surface area contributed by atoms with Gasteiger partial charge in [-0.15, -0.1) is 0 Å². The monoisotopic (exact) mass is 331 g/mol. The molecule has 0 unspecified atom stereocenters. The van der Waals surface area contributed by atoms with Crippen molar-refractivity contribution in [3.8, 4) is 22.8 Å². The van der Waals surface area contributed by atoms with Gasteiger partial charge in [0.1, 0.15) is 5.69 Å². The van der Waals surface area contributed by atoms with E-state index in [1.165, 1.54) is 13.2 Å². The highest BCUT2D eigenvalue weighted by atomic mass is 79.9. The summed E-state index contributed by atoms with van der Waals surface area (Å²) in [6.07, 6.45) is 0. The number of phenols is 1. The molecule has 100 valence electrons. The van der Waals surface area contributed by atoms with Gasteiger partial charge < -0.3 is 19.5 Å². The number of halogens is 2. The zero-order valence-corrected chi connectivity index (χ0v) is 11.1. The molecule has 1 heterocycles. The highest BCUT2D eigenvalue weighted by Crippen LogP contribution is 2.42. The van der Waals surface area contributed by atoms with Crippen LogP contribution in [0.3, 0.4) is 0 Å². The topological polar surface area (TPSA) is 92.8 Å². The molecule has 1 aromatic carbocycles. The number of hydrogen-bond acceptors (Lipinski definition) is 5. The van der Waals surface area contributed by atoms with Crippen molar-refractivity contribution in [2.45, 2.75) is 0 Å². The van der Waals surface area contributed by atoms with Crippen LogP contribution in [0.4, 0.5) is 4.39 Å². The molecule has 6 nitrogen and oxygen atoms in total. The SMILES string of the molecule is COc1c(O)c(-c2cc(C(=O)O)on2)cc(Br)c1F. The second-order valence-corrected chi connectivity index (χ2v) is 4.34. The Morgan fingerprint density at radius 1 is 1.53 bits per heavy atom. The number of carboxylic acids is 1. The second kappa shape index (κ2) is 4.88. The van der Waals surface area contributed by atoms with E-state index in [9.17, 15) is 14.3 Å². The minimum atomic E-state index is -1.30. The Labute approximate surface area is 114 Å². The van der Waals surface area contributed by atoms with Crippen LogP contribution >= 0.6 is 15.9 Å². The minimum Gasteiger partial charge on any atom is -0.504 e. The number of carbonyl (C=O) groups is 1. The number of hydrogen-bond donors (Lipinski definition) is 2. The van der Waals surface area contributed by atoms with Crippen LogP contribution in [-0.4, -0.2) is 28.4 Å². The van der Waals surface area contributed by atoms with Gasteiger partial charge in [-0.05, 0) is 22.0 Å². The molecule has 0 radical (unpaired) electrons. The molecule has 0 saturated heterocycles. The van der Waals surface area contributed by atoms with Crippen LogP contribution < -0.4 is 4.74 Å². The molecule has 0 aliphatic rings. The van der Waals surface area contributed by atoms with Crippen LogP contribution in [0, 0.1) is 5.82 Å². The van der Waals surface area contributed by atoms with Gasteiger partial charge in [0.05, 0.1) is 17.1 Å². The molecule has 0 spiro atoms. The molecular weight excluding hydrogens is 325 g/mol. The van der Waals surface area contributed by atoms with Gasteiger partial charge in [0.2, 0.25) is 5.76 Å². The van der Waals surface area contributed by atoms with Gasteiger partial charge in [0.25, 0.3) is 0 Å². The molecule has 8 heteroatoms. The summed E-state index contributed by atoms with van der Waals surface area (Å²) in [6.45, 7) is 0. The maximum absolute atomic E-state index is 13.6. The molecule has 0 bridgehead atoms. The largest absolute Gasteiger partial charge is 0.504 e. The molecule has 1 aromatic heterocycles. The Morgan fingerprint density at radius 3 is 2.74 bits per heavy atom. The van der Waals surface area contributed by atoms with Crippen LogP contribution in [0.1, 0.15) is 10.6 Å². The van der Waals surface area contributed by atoms with E-state index < -0.39 is 23.3 Å². The van der Waals surface area contributed by atoms with Crippen molar-refractivity contribution in [2.75, 3.05) is 7.11 Å². The molecule has 0 atom stereocenters. The van der Waals surface area contributed by atoms with Gasteiger partial charge in [-0.1, -0.05) is 5.16 Å². The van der Waals surface area contributed by atoms with E-state index in [-0.39, 0.29) is 21.5 Å². The number of phenolic OH excluding ortho intramolecular Hbond substituents is 1. The summed E-state index contributed by atoms with van der Waals surface area (Å²) in [6, 6.07) is 2.36. The molecule has 0 aliphatic heterocycles. The molecule has 19 heavy (non-hydrogen) atoms.